The minimum Gasteiger partial charge on any atom is -0.341 e. The zero-order valence-corrected chi connectivity index (χ0v) is 13.5. The van der Waals surface area contributed by atoms with Crippen molar-refractivity contribution in [1.29, 1.82) is 0 Å². The molecule has 0 bridgehead atoms. The van der Waals surface area contributed by atoms with Crippen LogP contribution in [0, 0.1) is 12.8 Å². The van der Waals surface area contributed by atoms with Crippen LogP contribution in [0.2, 0.25) is 0 Å². The molecule has 1 amide bonds. The summed E-state index contributed by atoms with van der Waals surface area (Å²) in [5.41, 5.74) is 2.22. The smallest absolute Gasteiger partial charge is 0.227 e. The molecule has 2 aromatic rings. The van der Waals surface area contributed by atoms with Crippen molar-refractivity contribution in [2.45, 2.75) is 38.6 Å². The van der Waals surface area contributed by atoms with Gasteiger partial charge in [0.15, 0.2) is 0 Å². The molecule has 2 aromatic heterocycles. The Morgan fingerprint density at radius 2 is 2.13 bits per heavy atom. The first-order valence-corrected chi connectivity index (χ1v) is 8.39. The van der Waals surface area contributed by atoms with Crippen LogP contribution < -0.4 is 0 Å². The van der Waals surface area contributed by atoms with Crippen LogP contribution in [0.4, 0.5) is 0 Å². The summed E-state index contributed by atoms with van der Waals surface area (Å²) in [6, 6.07) is 3.83. The van der Waals surface area contributed by atoms with Gasteiger partial charge in [-0.3, -0.25) is 9.78 Å². The molecule has 1 aliphatic heterocycles. The Morgan fingerprint density at radius 1 is 1.30 bits per heavy atom. The van der Waals surface area contributed by atoms with Gasteiger partial charge in [-0.2, -0.15) is 0 Å². The molecule has 5 nitrogen and oxygen atoms in total. The van der Waals surface area contributed by atoms with E-state index in [1.807, 2.05) is 23.2 Å². The number of pyridine rings is 1. The van der Waals surface area contributed by atoms with E-state index in [2.05, 4.69) is 21.5 Å². The maximum atomic E-state index is 12.3. The molecule has 0 N–H and O–H groups in total. The molecule has 2 aliphatic rings. The number of carbonyl (C=O) groups excluding carboxylic acids is 1. The third kappa shape index (κ3) is 3.00. The molecule has 5 heteroatoms. The SMILES string of the molecule is Cc1cnc(C2CN(C(=O)Cc3cccnc3)C2)n1CC1CC1. The van der Waals surface area contributed by atoms with Gasteiger partial charge in [0.25, 0.3) is 0 Å². The van der Waals surface area contributed by atoms with E-state index in [-0.39, 0.29) is 5.91 Å². The van der Waals surface area contributed by atoms with E-state index in [4.69, 9.17) is 0 Å². The number of rotatable bonds is 5. The minimum atomic E-state index is 0.186. The Hall–Kier alpha value is -2.17. The summed E-state index contributed by atoms with van der Waals surface area (Å²) < 4.78 is 2.37. The third-order valence-corrected chi connectivity index (χ3v) is 4.90. The van der Waals surface area contributed by atoms with Crippen LogP contribution in [0.3, 0.4) is 0 Å². The lowest BCUT2D eigenvalue weighted by atomic mass is 9.98. The van der Waals surface area contributed by atoms with Gasteiger partial charge in [-0.05, 0) is 37.3 Å². The summed E-state index contributed by atoms with van der Waals surface area (Å²) in [5, 5.41) is 0. The average molecular weight is 310 g/mol. The van der Waals surface area contributed by atoms with Gasteiger partial charge in [0.1, 0.15) is 5.82 Å². The molecule has 3 heterocycles. The van der Waals surface area contributed by atoms with Crippen LogP contribution in [0.5, 0.6) is 0 Å². The molecule has 0 spiro atoms. The van der Waals surface area contributed by atoms with Crippen molar-refractivity contribution in [1.82, 2.24) is 19.4 Å². The van der Waals surface area contributed by atoms with Crippen LogP contribution in [0.25, 0.3) is 0 Å². The molecule has 4 rings (SSSR count). The van der Waals surface area contributed by atoms with Gasteiger partial charge in [0.05, 0.1) is 12.3 Å². The second kappa shape index (κ2) is 5.80. The lowest BCUT2D eigenvalue weighted by molar-refractivity contribution is -0.135. The van der Waals surface area contributed by atoms with Crippen LogP contribution in [0.15, 0.2) is 30.7 Å². The molecular formula is C18H22N4O. The van der Waals surface area contributed by atoms with Crippen molar-refractivity contribution in [3.05, 3.63) is 47.8 Å². The number of aryl methyl sites for hydroxylation is 1. The van der Waals surface area contributed by atoms with Crippen LogP contribution in [0.1, 0.15) is 35.8 Å². The monoisotopic (exact) mass is 310 g/mol. The van der Waals surface area contributed by atoms with Gasteiger partial charge < -0.3 is 9.47 Å². The molecule has 2 fully saturated rings. The summed E-state index contributed by atoms with van der Waals surface area (Å²) in [5.74, 6) is 2.58. The number of aromatic nitrogens is 3. The second-order valence-corrected chi connectivity index (χ2v) is 6.85. The Kier molecular flexibility index (Phi) is 3.63. The fourth-order valence-corrected chi connectivity index (χ4v) is 3.24. The standard InChI is InChI=1S/C18H22N4O/c1-13-8-20-18(22(13)10-14-4-5-14)16-11-21(12-16)17(23)7-15-3-2-6-19-9-15/h2-3,6,8-9,14,16H,4-5,7,10-12H2,1H3. The normalized spacial score (nSPS) is 18.0. The Morgan fingerprint density at radius 3 is 2.83 bits per heavy atom. The maximum absolute atomic E-state index is 12.3. The van der Waals surface area contributed by atoms with Crippen LogP contribution in [-0.4, -0.2) is 38.4 Å². The lowest BCUT2D eigenvalue weighted by Crippen LogP contribution is -2.50. The van der Waals surface area contributed by atoms with E-state index in [1.54, 1.807) is 12.4 Å². The van der Waals surface area contributed by atoms with Crippen LogP contribution in [-0.2, 0) is 17.8 Å². The highest BCUT2D eigenvalue weighted by molar-refractivity contribution is 5.79. The molecule has 0 radical (unpaired) electrons. The highest BCUT2D eigenvalue weighted by Gasteiger charge is 2.35. The van der Waals surface area contributed by atoms with E-state index in [9.17, 15) is 4.79 Å². The number of hydrogen-bond donors (Lipinski definition) is 0. The Balaban J connectivity index is 1.37. The summed E-state index contributed by atoms with van der Waals surface area (Å²) in [6.07, 6.45) is 8.60. The van der Waals surface area contributed by atoms with E-state index < -0.39 is 0 Å². The molecule has 1 saturated heterocycles. The summed E-state index contributed by atoms with van der Waals surface area (Å²) in [6.45, 7) is 4.81. The molecule has 1 saturated carbocycles. The lowest BCUT2D eigenvalue weighted by Gasteiger charge is -2.39. The topological polar surface area (TPSA) is 51.0 Å². The summed E-state index contributed by atoms with van der Waals surface area (Å²) in [4.78, 5) is 22.9. The molecule has 0 atom stereocenters. The predicted octanol–water partition coefficient (Wildman–Crippen LogP) is 2.17. The first-order chi connectivity index (χ1) is 11.2. The molecule has 0 unspecified atom stereocenters. The zero-order chi connectivity index (χ0) is 15.8. The van der Waals surface area contributed by atoms with Gasteiger partial charge in [-0.15, -0.1) is 0 Å². The number of imidazole rings is 1. The van der Waals surface area contributed by atoms with E-state index in [0.29, 0.717) is 12.3 Å². The zero-order valence-electron chi connectivity index (χ0n) is 13.5. The van der Waals surface area contributed by atoms with Gasteiger partial charge in [0, 0.05) is 43.9 Å². The number of likely N-dealkylation sites (tertiary alicyclic amines) is 1. The number of carbonyl (C=O) groups is 1. The van der Waals surface area contributed by atoms with Gasteiger partial charge in [-0.25, -0.2) is 4.98 Å². The minimum absolute atomic E-state index is 0.186. The Bertz CT molecular complexity index is 699. The largest absolute Gasteiger partial charge is 0.341 e. The first kappa shape index (κ1) is 14.4. The highest BCUT2D eigenvalue weighted by atomic mass is 16.2. The van der Waals surface area contributed by atoms with Crippen molar-refractivity contribution in [2.24, 2.45) is 5.92 Å². The third-order valence-electron chi connectivity index (χ3n) is 4.90. The summed E-state index contributed by atoms with van der Waals surface area (Å²) >= 11 is 0. The molecule has 23 heavy (non-hydrogen) atoms. The fraction of sp³-hybridized carbons (Fsp3) is 0.500. The van der Waals surface area contributed by atoms with Gasteiger partial charge in [-0.1, -0.05) is 6.07 Å². The number of nitrogens with zero attached hydrogens (tertiary/aromatic N) is 4. The van der Waals surface area contributed by atoms with E-state index in [1.165, 1.54) is 24.4 Å². The van der Waals surface area contributed by atoms with E-state index >= 15 is 0 Å². The number of hydrogen-bond acceptors (Lipinski definition) is 3. The van der Waals surface area contributed by atoms with E-state index in [0.717, 1.165) is 31.1 Å². The van der Waals surface area contributed by atoms with Crippen molar-refractivity contribution in [3.8, 4) is 0 Å². The van der Waals surface area contributed by atoms with Crippen molar-refractivity contribution < 1.29 is 4.79 Å². The quantitative estimate of drug-likeness (QED) is 0.850. The molecule has 1 aliphatic carbocycles. The van der Waals surface area contributed by atoms with Crippen molar-refractivity contribution in [2.75, 3.05) is 13.1 Å². The highest BCUT2D eigenvalue weighted by Crippen LogP contribution is 2.34. The van der Waals surface area contributed by atoms with Crippen molar-refractivity contribution in [3.63, 3.8) is 0 Å². The second-order valence-electron chi connectivity index (χ2n) is 6.85. The first-order valence-electron chi connectivity index (χ1n) is 8.39. The predicted molar refractivity (Wildman–Crippen MR) is 87.0 cm³/mol. The molecule has 0 aromatic carbocycles. The van der Waals surface area contributed by atoms with Crippen molar-refractivity contribution >= 4 is 5.91 Å². The molecular weight excluding hydrogens is 288 g/mol. The maximum Gasteiger partial charge on any atom is 0.227 e. The van der Waals surface area contributed by atoms with Gasteiger partial charge in [0.2, 0.25) is 5.91 Å². The fourth-order valence-electron chi connectivity index (χ4n) is 3.24. The summed E-state index contributed by atoms with van der Waals surface area (Å²) in [7, 11) is 0. The van der Waals surface area contributed by atoms with Gasteiger partial charge >= 0.3 is 0 Å². The number of amides is 1. The Labute approximate surface area is 136 Å². The van der Waals surface area contributed by atoms with Crippen LogP contribution >= 0.6 is 0 Å². The average Bonchev–Trinajstić information content (AvgIpc) is 3.25. The molecule has 120 valence electrons.